The molecule has 5 atom stereocenters. The van der Waals surface area contributed by atoms with Gasteiger partial charge in [0, 0.05) is 23.5 Å². The number of halogens is 1. The van der Waals surface area contributed by atoms with Crippen LogP contribution in [0.25, 0.3) is 0 Å². The molecular formula is C38H59ClN2O6S. The third-order valence-electron chi connectivity index (χ3n) is 8.87. The number of aliphatic hydroxyl groups is 1. The molecule has 0 radical (unpaired) electrons. The highest BCUT2D eigenvalue weighted by atomic mass is 35.5. The first-order valence-electron chi connectivity index (χ1n) is 17.6. The fraction of sp³-hybridized carbons (Fsp3) is 0.605. The van der Waals surface area contributed by atoms with Crippen LogP contribution in [0.15, 0.2) is 48.6 Å². The smallest absolute Gasteiger partial charge is 0.335 e. The van der Waals surface area contributed by atoms with Crippen LogP contribution in [0.4, 0.5) is 5.69 Å². The molecule has 1 aliphatic carbocycles. The number of carbonyl (C=O) groups is 1. The molecule has 0 aromatic heterocycles. The van der Waals surface area contributed by atoms with Gasteiger partial charge in [0.05, 0.1) is 29.2 Å². The lowest BCUT2D eigenvalue weighted by Gasteiger charge is -2.44. The molecule has 5 unspecified atom stereocenters. The van der Waals surface area contributed by atoms with Gasteiger partial charge in [0.1, 0.15) is 5.75 Å². The van der Waals surface area contributed by atoms with Gasteiger partial charge in [-0.15, -0.1) is 0 Å². The molecule has 0 saturated heterocycles. The number of primary sulfonamides is 1. The summed E-state index contributed by atoms with van der Waals surface area (Å²) in [4.78, 5) is 14.1. The zero-order valence-corrected chi connectivity index (χ0v) is 31.6. The van der Waals surface area contributed by atoms with Crippen molar-refractivity contribution in [1.29, 1.82) is 0 Å². The van der Waals surface area contributed by atoms with E-state index in [4.69, 9.17) is 21.5 Å². The average molecular weight is 707 g/mol. The van der Waals surface area contributed by atoms with Gasteiger partial charge in [0.2, 0.25) is 10.0 Å². The number of nitrogens with zero attached hydrogens (tertiary/aromatic N) is 1. The lowest BCUT2D eigenvalue weighted by molar-refractivity contribution is 0.0458. The Balaban J connectivity index is 0.00000124. The van der Waals surface area contributed by atoms with Crippen LogP contribution in [0.3, 0.4) is 0 Å². The number of nitrogens with two attached hydrogens (primary N) is 1. The maximum Gasteiger partial charge on any atom is 0.335 e. The minimum atomic E-state index is -3.57. The van der Waals surface area contributed by atoms with Crippen molar-refractivity contribution in [3.05, 3.63) is 70.3 Å². The molecule has 4 N–H and O–H groups in total. The first kappa shape index (κ1) is 41.6. The number of allylic oxidation sites excluding steroid dienone is 1. The van der Waals surface area contributed by atoms with Gasteiger partial charge in [-0.05, 0) is 92.3 Å². The van der Waals surface area contributed by atoms with E-state index < -0.39 is 32.8 Å². The number of aromatic carboxylic acids is 1. The van der Waals surface area contributed by atoms with Crippen molar-refractivity contribution < 1.29 is 28.2 Å². The zero-order chi connectivity index (χ0) is 36.1. The van der Waals surface area contributed by atoms with E-state index in [0.29, 0.717) is 43.3 Å². The second-order valence-electron chi connectivity index (χ2n) is 13.6. The molecule has 4 rings (SSSR count). The third-order valence-corrected chi connectivity index (χ3v) is 10.5. The molecule has 8 nitrogen and oxygen atoms in total. The van der Waals surface area contributed by atoms with Crippen LogP contribution in [0.2, 0.25) is 5.02 Å². The SMILES string of the molecule is CCC.CCC.CCCc1cc(Cl)ccc1C1(C)COc2ccc(C(=O)O)cc2N(CC2CCC2C(O)/C=C/CCC(C)S(N)(=O)=O)C1. The van der Waals surface area contributed by atoms with Crippen molar-refractivity contribution >= 4 is 33.3 Å². The Kier molecular flexibility index (Phi) is 16.9. The number of hydrogen-bond donors (Lipinski definition) is 3. The number of fused-ring (bicyclic) bond motifs is 1. The van der Waals surface area contributed by atoms with Crippen LogP contribution in [0, 0.1) is 11.8 Å². The number of ether oxygens (including phenoxy) is 1. The molecule has 0 bridgehead atoms. The molecule has 270 valence electrons. The highest BCUT2D eigenvalue weighted by Crippen LogP contribution is 2.44. The number of benzene rings is 2. The number of hydrogen-bond acceptors (Lipinski definition) is 6. The quantitative estimate of drug-likeness (QED) is 0.189. The molecule has 1 aliphatic heterocycles. The molecule has 2 aliphatic rings. The van der Waals surface area contributed by atoms with Crippen molar-refractivity contribution in [2.75, 3.05) is 24.6 Å². The normalized spacial score (nSPS) is 21.7. The van der Waals surface area contributed by atoms with E-state index in [-0.39, 0.29) is 17.4 Å². The van der Waals surface area contributed by atoms with Crippen molar-refractivity contribution in [2.45, 2.75) is 117 Å². The highest BCUT2D eigenvalue weighted by molar-refractivity contribution is 7.89. The van der Waals surface area contributed by atoms with Crippen LogP contribution >= 0.6 is 11.6 Å². The summed E-state index contributed by atoms with van der Waals surface area (Å²) in [5.74, 6) is -0.108. The fourth-order valence-corrected chi connectivity index (χ4v) is 6.85. The Morgan fingerprint density at radius 3 is 2.35 bits per heavy atom. The van der Waals surface area contributed by atoms with E-state index in [2.05, 4.69) is 52.5 Å². The van der Waals surface area contributed by atoms with Crippen LogP contribution in [0.5, 0.6) is 5.75 Å². The van der Waals surface area contributed by atoms with E-state index in [1.807, 2.05) is 18.2 Å². The van der Waals surface area contributed by atoms with Gasteiger partial charge in [-0.1, -0.05) is 90.6 Å². The average Bonchev–Trinajstić information content (AvgIpc) is 3.14. The fourth-order valence-electron chi connectivity index (χ4n) is 6.19. The maximum atomic E-state index is 11.9. The number of sulfonamides is 1. The van der Waals surface area contributed by atoms with E-state index in [9.17, 15) is 23.4 Å². The lowest BCUT2D eigenvalue weighted by atomic mass is 9.70. The summed E-state index contributed by atoms with van der Waals surface area (Å²) in [7, 11) is -3.57. The van der Waals surface area contributed by atoms with E-state index in [1.54, 1.807) is 31.2 Å². The Morgan fingerprint density at radius 2 is 1.79 bits per heavy atom. The van der Waals surface area contributed by atoms with E-state index in [0.717, 1.165) is 31.4 Å². The van der Waals surface area contributed by atoms with Crippen LogP contribution in [0.1, 0.15) is 115 Å². The van der Waals surface area contributed by atoms with Crippen LogP contribution in [-0.4, -0.2) is 55.7 Å². The summed E-state index contributed by atoms with van der Waals surface area (Å²) in [5, 5.41) is 26.0. The summed E-state index contributed by atoms with van der Waals surface area (Å²) in [6.07, 6.45) is 10.1. The van der Waals surface area contributed by atoms with Gasteiger partial charge in [-0.25, -0.2) is 18.4 Å². The number of carboxylic acid groups (broad SMARTS) is 1. The molecule has 1 heterocycles. The van der Waals surface area contributed by atoms with Crippen molar-refractivity contribution in [3.8, 4) is 5.75 Å². The predicted molar refractivity (Wildman–Crippen MR) is 199 cm³/mol. The first-order valence-corrected chi connectivity index (χ1v) is 19.5. The van der Waals surface area contributed by atoms with Gasteiger partial charge in [-0.3, -0.25) is 0 Å². The second-order valence-corrected chi connectivity index (χ2v) is 16.0. The summed E-state index contributed by atoms with van der Waals surface area (Å²) in [6, 6.07) is 11.0. The van der Waals surface area contributed by atoms with Crippen molar-refractivity contribution in [2.24, 2.45) is 17.0 Å². The van der Waals surface area contributed by atoms with Crippen molar-refractivity contribution in [3.63, 3.8) is 0 Å². The monoisotopic (exact) mass is 706 g/mol. The first-order chi connectivity index (χ1) is 22.6. The molecular weight excluding hydrogens is 648 g/mol. The van der Waals surface area contributed by atoms with Crippen LogP contribution < -0.4 is 14.8 Å². The molecule has 0 spiro atoms. The number of aryl methyl sites for hydroxylation is 1. The maximum absolute atomic E-state index is 11.9. The standard InChI is InChI=1S/C32H43ClN2O6S.2C3H8/c1-4-7-22-16-25(33)12-14-27(22)32(3)19-35(28-17-23(31(37)38)11-15-30(28)41-20-32)18-24-10-13-26(24)29(36)9-6-5-8-21(2)42(34,39)40;2*1-3-2/h6,9,11-12,14-17,21,24,26,29,36H,4-5,7-8,10,13,18-20H2,1-3H3,(H,37,38)(H2,34,39,40);2*3H2,1-2H3/b9-6+;;. The number of carboxylic acids is 1. The summed E-state index contributed by atoms with van der Waals surface area (Å²) in [6.45, 7) is 16.1. The molecule has 10 heteroatoms. The van der Waals surface area contributed by atoms with Gasteiger partial charge in [-0.2, -0.15) is 0 Å². The molecule has 2 aromatic carbocycles. The van der Waals surface area contributed by atoms with Crippen molar-refractivity contribution in [1.82, 2.24) is 0 Å². The largest absolute Gasteiger partial charge is 0.490 e. The Bertz CT molecular complexity index is 1450. The Hall–Kier alpha value is -2.59. The second kappa shape index (κ2) is 19.6. The molecule has 1 saturated carbocycles. The van der Waals surface area contributed by atoms with Gasteiger partial charge >= 0.3 is 5.97 Å². The minimum absolute atomic E-state index is 0.0460. The molecule has 0 amide bonds. The predicted octanol–water partition coefficient (Wildman–Crippen LogP) is 8.38. The van der Waals surface area contributed by atoms with E-state index >= 15 is 0 Å². The number of aliphatic hydroxyl groups excluding tert-OH is 1. The zero-order valence-electron chi connectivity index (χ0n) is 30.0. The minimum Gasteiger partial charge on any atom is -0.490 e. The topological polar surface area (TPSA) is 130 Å². The van der Waals surface area contributed by atoms with Gasteiger partial charge in [0.25, 0.3) is 0 Å². The number of rotatable bonds is 12. The Morgan fingerprint density at radius 1 is 1.12 bits per heavy atom. The van der Waals surface area contributed by atoms with Crippen LogP contribution in [-0.2, 0) is 21.9 Å². The molecule has 1 fully saturated rings. The lowest BCUT2D eigenvalue weighted by Crippen LogP contribution is -2.47. The Labute approximate surface area is 294 Å². The molecule has 48 heavy (non-hydrogen) atoms. The highest BCUT2D eigenvalue weighted by Gasteiger charge is 2.41. The van der Waals surface area contributed by atoms with E-state index in [1.165, 1.54) is 24.0 Å². The summed E-state index contributed by atoms with van der Waals surface area (Å²) in [5.41, 5.74) is 2.91. The van der Waals surface area contributed by atoms with Gasteiger partial charge in [0.15, 0.2) is 0 Å². The number of anilines is 1. The summed E-state index contributed by atoms with van der Waals surface area (Å²) < 4.78 is 29.3. The summed E-state index contributed by atoms with van der Waals surface area (Å²) >= 11 is 6.38. The van der Waals surface area contributed by atoms with Gasteiger partial charge < -0.3 is 19.8 Å². The third kappa shape index (κ3) is 11.8. The molecule has 2 aromatic rings.